The molecule has 0 atom stereocenters. The summed E-state index contributed by atoms with van der Waals surface area (Å²) in [5, 5.41) is 0. The Morgan fingerprint density at radius 3 is 1.31 bits per heavy atom. The van der Waals surface area contributed by atoms with Gasteiger partial charge < -0.3 is 11.5 Å². The zero-order valence-electron chi connectivity index (χ0n) is 13.7. The smallest absolute Gasteiger partial charge is 0.0404 e. The molecule has 4 N–H and O–H groups in total. The first kappa shape index (κ1) is 18.1. The van der Waals surface area contributed by atoms with E-state index in [2.05, 4.69) is 55.5 Å². The van der Waals surface area contributed by atoms with Gasteiger partial charge in [-0.05, 0) is 92.5 Å². The summed E-state index contributed by atoms with van der Waals surface area (Å²) >= 11 is 7.11. The second-order valence-electron chi connectivity index (χ2n) is 5.56. The molecule has 3 aromatic carbocycles. The van der Waals surface area contributed by atoms with Crippen molar-refractivity contribution in [2.75, 3.05) is 11.5 Å². The number of hydrogen-bond acceptors (Lipinski definition) is 2. The van der Waals surface area contributed by atoms with E-state index >= 15 is 0 Å². The van der Waals surface area contributed by atoms with Crippen LogP contribution in [0.1, 0.15) is 22.3 Å². The molecule has 0 aliphatic heterocycles. The highest BCUT2D eigenvalue weighted by Crippen LogP contribution is 2.25. The average molecular weight is 466 g/mol. The number of halogens is 2. The van der Waals surface area contributed by atoms with Gasteiger partial charge in [0.1, 0.15) is 0 Å². The van der Waals surface area contributed by atoms with Crippen LogP contribution in [-0.2, 0) is 0 Å². The summed E-state index contributed by atoms with van der Waals surface area (Å²) in [7, 11) is 0. The summed E-state index contributed by atoms with van der Waals surface area (Å²) in [5.74, 6) is 12.6. The van der Waals surface area contributed by atoms with Crippen molar-refractivity contribution in [3.05, 3.63) is 91.9 Å². The monoisotopic (exact) mass is 464 g/mol. The summed E-state index contributed by atoms with van der Waals surface area (Å²) in [6.07, 6.45) is 0. The van der Waals surface area contributed by atoms with Gasteiger partial charge in [0.15, 0.2) is 0 Å². The minimum absolute atomic E-state index is 0.723. The van der Waals surface area contributed by atoms with Gasteiger partial charge in [-0.15, -0.1) is 0 Å². The Labute approximate surface area is 169 Å². The topological polar surface area (TPSA) is 52.0 Å². The van der Waals surface area contributed by atoms with Crippen molar-refractivity contribution in [1.82, 2.24) is 0 Å². The molecule has 0 amide bonds. The highest BCUT2D eigenvalue weighted by Gasteiger charge is 2.03. The lowest BCUT2D eigenvalue weighted by atomic mass is 10.1. The molecule has 2 nitrogen and oxygen atoms in total. The Bertz CT molecular complexity index is 977. The molecule has 26 heavy (non-hydrogen) atoms. The summed E-state index contributed by atoms with van der Waals surface area (Å²) < 4.78 is 1.82. The molecule has 4 heteroatoms. The van der Waals surface area contributed by atoms with E-state index in [0.717, 1.165) is 42.6 Å². The Morgan fingerprint density at radius 1 is 0.538 bits per heavy atom. The first-order valence-corrected chi connectivity index (χ1v) is 9.34. The van der Waals surface area contributed by atoms with Crippen LogP contribution in [0.5, 0.6) is 0 Å². The molecule has 126 valence electrons. The molecule has 0 radical (unpaired) electrons. The predicted molar refractivity (Wildman–Crippen MR) is 116 cm³/mol. The summed E-state index contributed by atoms with van der Waals surface area (Å²) in [6.45, 7) is 0. The maximum Gasteiger partial charge on any atom is 0.0404 e. The Kier molecular flexibility index (Phi) is 5.68. The van der Waals surface area contributed by atoms with E-state index < -0.39 is 0 Å². The van der Waals surface area contributed by atoms with E-state index in [0.29, 0.717) is 0 Å². The molecule has 0 fully saturated rings. The fraction of sp³-hybridized carbons (Fsp3) is 0. The molecule has 0 spiro atoms. The van der Waals surface area contributed by atoms with Crippen molar-refractivity contribution in [2.45, 2.75) is 0 Å². The van der Waals surface area contributed by atoms with Gasteiger partial charge in [-0.25, -0.2) is 0 Å². The van der Waals surface area contributed by atoms with Crippen LogP contribution in [0.3, 0.4) is 0 Å². The molecule has 0 aromatic heterocycles. The minimum atomic E-state index is 0.723. The molecule has 0 unspecified atom stereocenters. The molecular weight excluding hydrogens is 452 g/mol. The van der Waals surface area contributed by atoms with E-state index in [4.69, 9.17) is 11.5 Å². The molecular formula is C22H14Br2N2. The van der Waals surface area contributed by atoms with Crippen molar-refractivity contribution in [2.24, 2.45) is 0 Å². The summed E-state index contributed by atoms with van der Waals surface area (Å²) in [4.78, 5) is 0. The maximum absolute atomic E-state index is 5.70. The first-order chi connectivity index (χ1) is 12.5. The zero-order chi connectivity index (χ0) is 18.5. The third-order valence-electron chi connectivity index (χ3n) is 3.56. The van der Waals surface area contributed by atoms with Crippen LogP contribution in [0.15, 0.2) is 69.6 Å². The number of rotatable bonds is 0. The fourth-order valence-electron chi connectivity index (χ4n) is 2.15. The zero-order valence-corrected chi connectivity index (χ0v) is 16.9. The van der Waals surface area contributed by atoms with Crippen LogP contribution < -0.4 is 11.5 Å². The lowest BCUT2D eigenvalue weighted by Crippen LogP contribution is -1.86. The van der Waals surface area contributed by atoms with E-state index in [1.54, 1.807) is 0 Å². The third-order valence-corrected chi connectivity index (χ3v) is 4.87. The Hall–Kier alpha value is -2.66. The van der Waals surface area contributed by atoms with Crippen molar-refractivity contribution in [1.29, 1.82) is 0 Å². The van der Waals surface area contributed by atoms with Crippen LogP contribution in [-0.4, -0.2) is 0 Å². The van der Waals surface area contributed by atoms with E-state index in [1.807, 2.05) is 60.7 Å². The summed E-state index contributed by atoms with van der Waals surface area (Å²) in [5.41, 5.74) is 16.4. The van der Waals surface area contributed by atoms with Gasteiger partial charge in [-0.1, -0.05) is 23.7 Å². The largest absolute Gasteiger partial charge is 0.399 e. The lowest BCUT2D eigenvalue weighted by Gasteiger charge is -2.01. The minimum Gasteiger partial charge on any atom is -0.399 e. The van der Waals surface area contributed by atoms with Crippen molar-refractivity contribution < 1.29 is 0 Å². The van der Waals surface area contributed by atoms with E-state index in [9.17, 15) is 0 Å². The fourth-order valence-corrected chi connectivity index (χ4v) is 3.34. The molecule has 0 heterocycles. The second kappa shape index (κ2) is 8.15. The molecule has 0 aliphatic rings. The average Bonchev–Trinajstić information content (AvgIpc) is 2.63. The highest BCUT2D eigenvalue weighted by molar-refractivity contribution is 9.11. The van der Waals surface area contributed by atoms with Crippen molar-refractivity contribution >= 4 is 43.2 Å². The molecule has 0 saturated heterocycles. The highest BCUT2D eigenvalue weighted by atomic mass is 79.9. The van der Waals surface area contributed by atoms with Crippen LogP contribution in [0, 0.1) is 23.7 Å². The molecule has 3 rings (SSSR count). The molecule has 0 aliphatic carbocycles. The maximum atomic E-state index is 5.70. The number of hydrogen-bond donors (Lipinski definition) is 2. The molecule has 0 saturated carbocycles. The van der Waals surface area contributed by atoms with Crippen molar-refractivity contribution in [3.8, 4) is 23.7 Å². The van der Waals surface area contributed by atoms with Gasteiger partial charge >= 0.3 is 0 Å². The van der Waals surface area contributed by atoms with E-state index in [1.165, 1.54) is 0 Å². The normalized spacial score (nSPS) is 9.62. The van der Waals surface area contributed by atoms with Crippen LogP contribution >= 0.6 is 31.9 Å². The lowest BCUT2D eigenvalue weighted by molar-refractivity contribution is 1.51. The Balaban J connectivity index is 1.93. The van der Waals surface area contributed by atoms with Gasteiger partial charge in [0.25, 0.3) is 0 Å². The van der Waals surface area contributed by atoms with Gasteiger partial charge in [-0.3, -0.25) is 0 Å². The second-order valence-corrected chi connectivity index (χ2v) is 7.26. The van der Waals surface area contributed by atoms with Gasteiger partial charge in [0.2, 0.25) is 0 Å². The van der Waals surface area contributed by atoms with Crippen LogP contribution in [0.4, 0.5) is 11.4 Å². The van der Waals surface area contributed by atoms with E-state index in [-0.39, 0.29) is 0 Å². The number of anilines is 2. The number of nitrogen functional groups attached to an aromatic ring is 2. The van der Waals surface area contributed by atoms with Gasteiger partial charge in [-0.2, -0.15) is 0 Å². The van der Waals surface area contributed by atoms with Gasteiger partial charge in [0.05, 0.1) is 0 Å². The standard InChI is InChI=1S/C22H14Br2N2/c23-21-14-22(24)18(8-2-16-5-11-20(26)12-6-16)13-17(21)7-1-15-3-9-19(25)10-4-15/h3-6,9-14H,25-26H2. The Morgan fingerprint density at radius 2 is 0.923 bits per heavy atom. The quantitative estimate of drug-likeness (QED) is 0.355. The van der Waals surface area contributed by atoms with Crippen LogP contribution in [0.25, 0.3) is 0 Å². The van der Waals surface area contributed by atoms with Gasteiger partial charge in [0, 0.05) is 42.6 Å². The molecule has 3 aromatic rings. The SMILES string of the molecule is Nc1ccc(C#Cc2cc(C#Cc3ccc(N)cc3)c(Br)cc2Br)cc1. The molecule has 0 bridgehead atoms. The van der Waals surface area contributed by atoms with Crippen molar-refractivity contribution in [3.63, 3.8) is 0 Å². The predicted octanol–water partition coefficient (Wildman–Crippen LogP) is 5.18. The van der Waals surface area contributed by atoms with Crippen LogP contribution in [0.2, 0.25) is 0 Å². The summed E-state index contributed by atoms with van der Waals surface area (Å²) in [6, 6.07) is 18.9. The third kappa shape index (κ3) is 4.70. The first-order valence-electron chi connectivity index (χ1n) is 7.75. The number of benzene rings is 3. The number of nitrogens with two attached hydrogens (primary N) is 2.